The summed E-state index contributed by atoms with van der Waals surface area (Å²) >= 11 is 0. The van der Waals surface area contributed by atoms with E-state index in [4.69, 9.17) is 0 Å². The first kappa shape index (κ1) is 17.8. The molecule has 19 heavy (non-hydrogen) atoms. The van der Waals surface area contributed by atoms with Crippen molar-refractivity contribution < 1.29 is 18.7 Å². The molecule has 110 valence electrons. The fourth-order valence-electron chi connectivity index (χ4n) is 1.79. The van der Waals surface area contributed by atoms with Crippen molar-refractivity contribution in [2.45, 2.75) is 71.1 Å². The van der Waals surface area contributed by atoms with Crippen molar-refractivity contribution in [1.82, 2.24) is 0 Å². The molecule has 4 heteroatoms. The number of halogens is 1. The predicted octanol–water partition coefficient (Wildman–Crippen LogP) is 4.46. The Morgan fingerprint density at radius 2 is 1.53 bits per heavy atom. The van der Waals surface area contributed by atoms with E-state index in [1.165, 1.54) is 38.5 Å². The van der Waals surface area contributed by atoms with E-state index in [1.54, 1.807) is 0 Å². The van der Waals surface area contributed by atoms with Gasteiger partial charge in [-0.2, -0.15) is 4.39 Å². The van der Waals surface area contributed by atoms with Gasteiger partial charge in [-0.1, -0.05) is 58.3 Å². The molecule has 0 rings (SSSR count). The van der Waals surface area contributed by atoms with Crippen molar-refractivity contribution in [1.29, 1.82) is 0 Å². The van der Waals surface area contributed by atoms with Crippen LogP contribution in [0.1, 0.15) is 71.1 Å². The van der Waals surface area contributed by atoms with Crippen molar-refractivity contribution in [2.24, 2.45) is 0 Å². The maximum absolute atomic E-state index is 12.3. The van der Waals surface area contributed by atoms with Crippen LogP contribution in [0.4, 0.5) is 4.39 Å². The fourth-order valence-corrected chi connectivity index (χ4v) is 1.79. The molecule has 0 aromatic carbocycles. The SMILES string of the molecule is CCCCCCCCCCCC(=O)O/C=C(\F)C=O. The van der Waals surface area contributed by atoms with Crippen molar-refractivity contribution in [3.05, 3.63) is 12.1 Å². The first-order chi connectivity index (χ1) is 9.20. The summed E-state index contributed by atoms with van der Waals surface area (Å²) in [6, 6.07) is 0. The molecule has 0 amide bonds. The highest BCUT2D eigenvalue weighted by atomic mass is 19.1. The minimum Gasteiger partial charge on any atom is -0.431 e. The van der Waals surface area contributed by atoms with Crippen LogP contribution in [-0.2, 0) is 14.3 Å². The van der Waals surface area contributed by atoms with Gasteiger partial charge in [0, 0.05) is 6.42 Å². The van der Waals surface area contributed by atoms with Gasteiger partial charge in [-0.3, -0.25) is 9.59 Å². The smallest absolute Gasteiger partial charge is 0.310 e. The fraction of sp³-hybridized carbons (Fsp3) is 0.733. The molecule has 0 bridgehead atoms. The van der Waals surface area contributed by atoms with E-state index in [0.29, 0.717) is 6.26 Å². The topological polar surface area (TPSA) is 43.4 Å². The molecule has 0 saturated carbocycles. The van der Waals surface area contributed by atoms with Gasteiger partial charge in [-0.05, 0) is 6.42 Å². The zero-order valence-electron chi connectivity index (χ0n) is 11.8. The van der Waals surface area contributed by atoms with E-state index in [9.17, 15) is 14.0 Å². The number of carbonyl (C=O) groups is 2. The summed E-state index contributed by atoms with van der Waals surface area (Å²) in [5.74, 6) is -1.56. The Bertz CT molecular complexity index is 275. The van der Waals surface area contributed by atoms with Gasteiger partial charge in [0.1, 0.15) is 6.26 Å². The summed E-state index contributed by atoms with van der Waals surface area (Å²) in [5.41, 5.74) is 0. The number of allylic oxidation sites excluding steroid dienone is 1. The maximum Gasteiger partial charge on any atom is 0.310 e. The molecule has 0 fully saturated rings. The van der Waals surface area contributed by atoms with Gasteiger partial charge in [-0.15, -0.1) is 0 Å². The molecule has 0 N–H and O–H groups in total. The number of esters is 1. The predicted molar refractivity (Wildman–Crippen MR) is 73.2 cm³/mol. The Labute approximate surface area is 115 Å². The zero-order chi connectivity index (χ0) is 14.3. The minimum atomic E-state index is -1.07. The zero-order valence-corrected chi connectivity index (χ0v) is 11.8. The first-order valence-corrected chi connectivity index (χ1v) is 7.21. The van der Waals surface area contributed by atoms with Crippen LogP contribution in [0.15, 0.2) is 12.1 Å². The lowest BCUT2D eigenvalue weighted by molar-refractivity contribution is -0.138. The van der Waals surface area contributed by atoms with Gasteiger partial charge in [0.25, 0.3) is 0 Å². The molecule has 0 radical (unpaired) electrons. The summed E-state index contributed by atoms with van der Waals surface area (Å²) in [5, 5.41) is 0. The summed E-state index contributed by atoms with van der Waals surface area (Å²) < 4.78 is 16.8. The molecule has 0 aromatic rings. The Balaban J connectivity index is 3.30. The minimum absolute atomic E-state index is 0.00578. The standard InChI is InChI=1S/C15H25FO3/c1-2-3-4-5-6-7-8-9-10-11-15(18)19-13-14(16)12-17/h12-13H,2-11H2,1H3/b14-13-. The lowest BCUT2D eigenvalue weighted by Gasteiger charge is -2.01. The number of aldehydes is 1. The highest BCUT2D eigenvalue weighted by Gasteiger charge is 2.02. The maximum atomic E-state index is 12.3. The third-order valence-corrected chi connectivity index (χ3v) is 2.90. The molecule has 0 aliphatic rings. The molecule has 0 aromatic heterocycles. The number of hydrogen-bond acceptors (Lipinski definition) is 3. The molecule has 0 atom stereocenters. The molecule has 3 nitrogen and oxygen atoms in total. The summed E-state index contributed by atoms with van der Waals surface area (Å²) in [7, 11) is 0. The van der Waals surface area contributed by atoms with E-state index >= 15 is 0 Å². The molecule has 0 aliphatic heterocycles. The van der Waals surface area contributed by atoms with Gasteiger partial charge in [0.15, 0.2) is 12.1 Å². The number of carbonyl (C=O) groups excluding carboxylic acids is 2. The highest BCUT2D eigenvalue weighted by molar-refractivity contribution is 5.73. The summed E-state index contributed by atoms with van der Waals surface area (Å²) in [6.07, 6.45) is 11.4. The summed E-state index contributed by atoms with van der Waals surface area (Å²) in [4.78, 5) is 21.0. The molecule has 0 heterocycles. The van der Waals surface area contributed by atoms with Crippen LogP contribution in [0.25, 0.3) is 0 Å². The number of rotatable bonds is 12. The number of unbranched alkanes of at least 4 members (excludes halogenated alkanes) is 8. The van der Waals surface area contributed by atoms with Gasteiger partial charge >= 0.3 is 5.97 Å². The largest absolute Gasteiger partial charge is 0.431 e. The number of hydrogen-bond donors (Lipinski definition) is 0. The lowest BCUT2D eigenvalue weighted by Crippen LogP contribution is -1.99. The van der Waals surface area contributed by atoms with Crippen molar-refractivity contribution in [3.8, 4) is 0 Å². The summed E-state index contributed by atoms with van der Waals surface area (Å²) in [6.45, 7) is 2.20. The van der Waals surface area contributed by atoms with E-state index in [1.807, 2.05) is 0 Å². The van der Waals surface area contributed by atoms with Crippen molar-refractivity contribution >= 4 is 12.3 Å². The molecule has 0 spiro atoms. The Hall–Kier alpha value is -1.19. The van der Waals surface area contributed by atoms with Crippen LogP contribution in [0.3, 0.4) is 0 Å². The first-order valence-electron chi connectivity index (χ1n) is 7.21. The van der Waals surface area contributed by atoms with E-state index in [2.05, 4.69) is 11.7 Å². The molecular weight excluding hydrogens is 247 g/mol. The average Bonchev–Trinajstić information content (AvgIpc) is 2.42. The Kier molecular flexibility index (Phi) is 12.4. The van der Waals surface area contributed by atoms with Gasteiger partial charge in [0.05, 0.1) is 0 Å². The van der Waals surface area contributed by atoms with Gasteiger partial charge in [-0.25, -0.2) is 0 Å². The third-order valence-electron chi connectivity index (χ3n) is 2.90. The second-order valence-electron chi connectivity index (χ2n) is 4.69. The van der Waals surface area contributed by atoms with Crippen molar-refractivity contribution in [3.63, 3.8) is 0 Å². The Morgan fingerprint density at radius 1 is 1.00 bits per heavy atom. The van der Waals surface area contributed by atoms with Crippen LogP contribution < -0.4 is 0 Å². The molecular formula is C15H25FO3. The Morgan fingerprint density at radius 3 is 2.05 bits per heavy atom. The van der Waals surface area contributed by atoms with Crippen LogP contribution in [0, 0.1) is 0 Å². The second-order valence-corrected chi connectivity index (χ2v) is 4.69. The van der Waals surface area contributed by atoms with E-state index in [0.717, 1.165) is 19.3 Å². The van der Waals surface area contributed by atoms with Gasteiger partial charge < -0.3 is 4.74 Å². The van der Waals surface area contributed by atoms with Crippen LogP contribution >= 0.6 is 0 Å². The molecule has 0 saturated heterocycles. The lowest BCUT2D eigenvalue weighted by atomic mass is 10.1. The molecule has 0 unspecified atom stereocenters. The monoisotopic (exact) mass is 272 g/mol. The second kappa shape index (κ2) is 13.2. The highest BCUT2D eigenvalue weighted by Crippen LogP contribution is 2.10. The average molecular weight is 272 g/mol. The van der Waals surface area contributed by atoms with Crippen molar-refractivity contribution in [2.75, 3.05) is 0 Å². The van der Waals surface area contributed by atoms with E-state index < -0.39 is 11.8 Å². The number of ether oxygens (including phenoxy) is 1. The third kappa shape index (κ3) is 13.0. The molecule has 0 aliphatic carbocycles. The normalized spacial score (nSPS) is 11.4. The van der Waals surface area contributed by atoms with E-state index in [-0.39, 0.29) is 12.7 Å². The van der Waals surface area contributed by atoms with Gasteiger partial charge in [0.2, 0.25) is 0 Å². The van der Waals surface area contributed by atoms with Crippen LogP contribution in [0.2, 0.25) is 0 Å². The van der Waals surface area contributed by atoms with Crippen LogP contribution in [0.5, 0.6) is 0 Å². The quantitative estimate of drug-likeness (QED) is 0.173. The van der Waals surface area contributed by atoms with Crippen LogP contribution in [-0.4, -0.2) is 12.3 Å².